The maximum absolute atomic E-state index is 14.6. The van der Waals surface area contributed by atoms with Crippen LogP contribution in [-0.4, -0.2) is 216 Å². The van der Waals surface area contributed by atoms with Crippen LogP contribution in [0.5, 0.6) is 0 Å². The van der Waals surface area contributed by atoms with E-state index in [0.717, 1.165) is 30.9 Å². The van der Waals surface area contributed by atoms with Crippen LogP contribution in [0.3, 0.4) is 0 Å². The Morgan fingerprint density at radius 1 is 0.486 bits per heavy atom. The lowest BCUT2D eigenvalue weighted by Crippen LogP contribution is -2.59. The number of amides is 8. The molecule has 10 atom stereocenters. The van der Waals surface area contributed by atoms with Gasteiger partial charge in [0.1, 0.15) is 42.3 Å². The molecular formula is C51H77N10O10S. The fourth-order valence-corrected chi connectivity index (χ4v) is 14.5. The van der Waals surface area contributed by atoms with Gasteiger partial charge in [-0.3, -0.25) is 43.2 Å². The summed E-state index contributed by atoms with van der Waals surface area (Å²) in [5.74, 6) is -3.16. The standard InChI is InChI=1S/C51H77N10O10S/c1-50(2)29-31(51(3,4)61(50)71)41(62)33(30-72)53-42(63)34-14-6-22-54(34)44(65)36-16-8-24-56(36)46(67)38-18-10-26-58(38)48(69)40-20-12-28-60(40)49(70)39-19-11-27-59(39)47(68)37-17-9-25-57(37)45(66)35-15-7-23-55(35)43(64)32-13-5-21-52-32/h31-40,52,72H,5-30H2,1-4H3,(H,53,63)/t31?,32-,33-,34-,35-,36-,37-,38-,39-,40-/m0/s1. The number of likely N-dealkylation sites (tertiary alicyclic amines) is 7. The van der Waals surface area contributed by atoms with E-state index in [2.05, 4.69) is 23.3 Å². The molecule has 9 rings (SSSR count). The molecule has 0 aromatic heterocycles. The van der Waals surface area contributed by atoms with E-state index in [1.54, 1.807) is 57.1 Å². The van der Waals surface area contributed by atoms with Gasteiger partial charge < -0.3 is 44.9 Å². The van der Waals surface area contributed by atoms with Crippen LogP contribution in [0.4, 0.5) is 0 Å². The van der Waals surface area contributed by atoms with E-state index < -0.39 is 71.2 Å². The lowest BCUT2D eigenvalue weighted by molar-refractivity contribution is -0.247. The number of ketones is 1. The van der Waals surface area contributed by atoms with Gasteiger partial charge >= 0.3 is 0 Å². The van der Waals surface area contributed by atoms with Gasteiger partial charge in [-0.1, -0.05) is 0 Å². The first-order valence-corrected chi connectivity index (χ1v) is 27.8. The van der Waals surface area contributed by atoms with Crippen molar-refractivity contribution in [2.24, 2.45) is 5.92 Å². The molecule has 8 amide bonds. The van der Waals surface area contributed by atoms with E-state index >= 15 is 0 Å². The molecule has 9 aliphatic heterocycles. The minimum atomic E-state index is -0.981. The fraction of sp³-hybridized carbons (Fsp3) is 0.824. The summed E-state index contributed by atoms with van der Waals surface area (Å²) < 4.78 is 0. The predicted molar refractivity (Wildman–Crippen MR) is 264 cm³/mol. The fourth-order valence-electron chi connectivity index (χ4n) is 14.2. The highest BCUT2D eigenvalue weighted by Gasteiger charge is 2.57. The van der Waals surface area contributed by atoms with E-state index in [1.165, 1.54) is 4.90 Å². The molecule has 9 heterocycles. The molecule has 0 aromatic rings. The molecule has 0 aromatic carbocycles. The summed E-state index contributed by atoms with van der Waals surface area (Å²) in [6.07, 6.45) is 9.30. The van der Waals surface area contributed by atoms with E-state index in [-0.39, 0.29) is 58.9 Å². The van der Waals surface area contributed by atoms with Crippen LogP contribution in [0, 0.1) is 5.92 Å². The van der Waals surface area contributed by atoms with Crippen molar-refractivity contribution in [3.05, 3.63) is 0 Å². The minimum Gasteiger partial charge on any atom is -0.344 e. The first-order valence-electron chi connectivity index (χ1n) is 27.2. The van der Waals surface area contributed by atoms with Crippen LogP contribution in [0.15, 0.2) is 0 Å². The molecule has 397 valence electrons. The Kier molecular flexibility index (Phi) is 15.4. The molecule has 9 saturated heterocycles. The van der Waals surface area contributed by atoms with Gasteiger partial charge in [0, 0.05) is 63.0 Å². The van der Waals surface area contributed by atoms with Crippen molar-refractivity contribution in [1.82, 2.24) is 50.0 Å². The van der Waals surface area contributed by atoms with Crippen LogP contribution in [0.1, 0.15) is 137 Å². The van der Waals surface area contributed by atoms with Crippen LogP contribution in [0.25, 0.3) is 0 Å². The second-order valence-corrected chi connectivity index (χ2v) is 23.5. The van der Waals surface area contributed by atoms with Gasteiger partial charge in [-0.25, -0.2) is 0 Å². The number of rotatable bonds is 12. The summed E-state index contributed by atoms with van der Waals surface area (Å²) in [6, 6.07) is -6.69. The van der Waals surface area contributed by atoms with Crippen molar-refractivity contribution in [2.45, 2.75) is 202 Å². The highest BCUT2D eigenvalue weighted by Crippen LogP contribution is 2.45. The van der Waals surface area contributed by atoms with Gasteiger partial charge in [-0.2, -0.15) is 12.6 Å². The second kappa shape index (κ2) is 21.1. The Balaban J connectivity index is 0.820. The molecule has 0 aliphatic carbocycles. The van der Waals surface area contributed by atoms with E-state index in [4.69, 9.17) is 0 Å². The monoisotopic (exact) mass is 1020 g/mol. The Morgan fingerprint density at radius 2 is 0.806 bits per heavy atom. The minimum absolute atomic E-state index is 0.0242. The van der Waals surface area contributed by atoms with E-state index in [1.807, 2.05) is 0 Å². The maximum Gasteiger partial charge on any atom is 0.246 e. The molecule has 9 fully saturated rings. The number of hydroxylamine groups is 2. The first-order chi connectivity index (χ1) is 34.4. The smallest absolute Gasteiger partial charge is 0.246 e. The maximum atomic E-state index is 14.6. The summed E-state index contributed by atoms with van der Waals surface area (Å²) in [4.78, 5) is 139. The molecular weight excluding hydrogens is 945 g/mol. The molecule has 2 N–H and O–H groups in total. The number of thiol groups is 1. The van der Waals surface area contributed by atoms with Crippen molar-refractivity contribution in [3.8, 4) is 0 Å². The van der Waals surface area contributed by atoms with Crippen LogP contribution >= 0.6 is 12.6 Å². The highest BCUT2D eigenvalue weighted by molar-refractivity contribution is 7.80. The third kappa shape index (κ3) is 9.54. The first kappa shape index (κ1) is 52.5. The molecule has 1 unspecified atom stereocenters. The Bertz CT molecular complexity index is 2170. The average molecular weight is 1020 g/mol. The van der Waals surface area contributed by atoms with Crippen LogP contribution < -0.4 is 10.6 Å². The van der Waals surface area contributed by atoms with E-state index in [9.17, 15) is 48.4 Å². The number of hydrogen-bond donors (Lipinski definition) is 3. The van der Waals surface area contributed by atoms with Crippen molar-refractivity contribution < 1.29 is 48.4 Å². The summed E-state index contributed by atoms with van der Waals surface area (Å²) in [5.41, 5.74) is -1.74. The molecule has 20 nitrogen and oxygen atoms in total. The van der Waals surface area contributed by atoms with Crippen molar-refractivity contribution in [2.75, 3.05) is 58.1 Å². The van der Waals surface area contributed by atoms with Gasteiger partial charge in [0.05, 0.1) is 17.6 Å². The van der Waals surface area contributed by atoms with Crippen molar-refractivity contribution in [3.63, 3.8) is 0 Å². The molecule has 0 saturated carbocycles. The number of nitrogens with one attached hydrogen (secondary N) is 2. The molecule has 1 radical (unpaired) electrons. The normalized spacial score (nSPS) is 32.9. The summed E-state index contributed by atoms with van der Waals surface area (Å²) in [6.45, 7) is 10.4. The number of Topliss-reactive ketones (excluding diaryl/α,β-unsaturated/α-hetero) is 1. The highest BCUT2D eigenvalue weighted by atomic mass is 32.1. The quantitative estimate of drug-likeness (QED) is 0.233. The van der Waals surface area contributed by atoms with Gasteiger partial charge in [0.2, 0.25) is 47.3 Å². The van der Waals surface area contributed by atoms with Gasteiger partial charge in [0.25, 0.3) is 0 Å². The van der Waals surface area contributed by atoms with E-state index in [0.29, 0.717) is 136 Å². The third-order valence-corrected chi connectivity index (χ3v) is 18.3. The number of hydrogen-bond acceptors (Lipinski definition) is 12. The summed E-state index contributed by atoms with van der Waals surface area (Å²) in [7, 11) is 0. The zero-order chi connectivity index (χ0) is 51.4. The molecule has 72 heavy (non-hydrogen) atoms. The number of carbonyl (C=O) groups is 9. The Morgan fingerprint density at radius 3 is 1.10 bits per heavy atom. The summed E-state index contributed by atoms with van der Waals surface area (Å²) in [5, 5.41) is 20.2. The van der Waals surface area contributed by atoms with Gasteiger partial charge in [0.15, 0.2) is 5.78 Å². The Labute approximate surface area is 428 Å². The average Bonchev–Trinajstić information content (AvgIpc) is 4.21. The lowest BCUT2D eigenvalue weighted by atomic mass is 9.81. The van der Waals surface area contributed by atoms with Crippen molar-refractivity contribution >= 4 is 65.7 Å². The predicted octanol–water partition coefficient (Wildman–Crippen LogP) is 0.884. The molecule has 0 bridgehead atoms. The number of carbonyl (C=O) groups excluding carboxylic acids is 9. The molecule has 21 heteroatoms. The second-order valence-electron chi connectivity index (χ2n) is 23.1. The Hall–Kier alpha value is -4.34. The van der Waals surface area contributed by atoms with Crippen LogP contribution in [-0.2, 0) is 48.4 Å². The van der Waals surface area contributed by atoms with Crippen LogP contribution in [0.2, 0.25) is 0 Å². The SMILES string of the molecule is CC1(C)CC(C(=O)[C@H](CS)NC(=O)[C@@H]2CCCN2C(=O)[C@@H]2CCCN2C(=O)[C@@H]2CCCN2C(=O)[C@@H]2CCCN2C(=O)[C@@H]2CCCN2C(=O)[C@@H]2CCCN2C(=O)[C@@H]2CCCN2C(=O)[C@@H]2CCCN2)C(C)(C)N1[O]. The third-order valence-electron chi connectivity index (χ3n) is 17.9. The van der Waals surface area contributed by atoms with Gasteiger partial charge in [-0.05, 0) is 143 Å². The zero-order valence-corrected chi connectivity index (χ0v) is 43.7. The largest absolute Gasteiger partial charge is 0.344 e. The van der Waals surface area contributed by atoms with Gasteiger partial charge in [-0.15, -0.1) is 10.3 Å². The molecule has 0 spiro atoms. The summed E-state index contributed by atoms with van der Waals surface area (Å²) >= 11 is 4.41. The lowest BCUT2D eigenvalue weighted by Gasteiger charge is -2.37. The van der Waals surface area contributed by atoms with Crippen molar-refractivity contribution in [1.29, 1.82) is 0 Å². The zero-order valence-electron chi connectivity index (χ0n) is 42.8. The molecule has 9 aliphatic rings. The topological polar surface area (TPSA) is 224 Å². The number of nitrogens with zero attached hydrogens (tertiary/aromatic N) is 8.